The number of ether oxygens (including phenoxy) is 1. The standard InChI is InChI=1S/C16H26N2O/c1-12-10-15(19-5)13(16(2,3)4)11-14(12)18-8-6-17-7-9-18/h10-11,17H,6-9H2,1-5H3. The molecule has 19 heavy (non-hydrogen) atoms. The average molecular weight is 262 g/mol. The predicted octanol–water partition coefficient (Wildman–Crippen LogP) is 2.71. The van der Waals surface area contributed by atoms with E-state index in [2.05, 4.69) is 50.0 Å². The Morgan fingerprint density at radius 1 is 1.16 bits per heavy atom. The van der Waals surface area contributed by atoms with E-state index in [0.717, 1.165) is 31.9 Å². The van der Waals surface area contributed by atoms with Gasteiger partial charge in [-0.25, -0.2) is 0 Å². The Morgan fingerprint density at radius 2 is 1.79 bits per heavy atom. The largest absolute Gasteiger partial charge is 0.496 e. The van der Waals surface area contributed by atoms with Gasteiger partial charge in [0, 0.05) is 37.4 Å². The maximum Gasteiger partial charge on any atom is 0.122 e. The van der Waals surface area contributed by atoms with Crippen molar-refractivity contribution in [2.45, 2.75) is 33.1 Å². The van der Waals surface area contributed by atoms with Crippen LogP contribution < -0.4 is 15.0 Å². The summed E-state index contributed by atoms with van der Waals surface area (Å²) in [7, 11) is 1.76. The van der Waals surface area contributed by atoms with Crippen LogP contribution in [0.1, 0.15) is 31.9 Å². The number of methoxy groups -OCH3 is 1. The zero-order valence-corrected chi connectivity index (χ0v) is 12.8. The summed E-state index contributed by atoms with van der Waals surface area (Å²) < 4.78 is 5.56. The van der Waals surface area contributed by atoms with Crippen LogP contribution >= 0.6 is 0 Å². The summed E-state index contributed by atoms with van der Waals surface area (Å²) in [6.07, 6.45) is 0. The lowest BCUT2D eigenvalue weighted by Crippen LogP contribution is -2.43. The highest BCUT2D eigenvalue weighted by atomic mass is 16.5. The molecule has 2 rings (SSSR count). The third-order valence-corrected chi connectivity index (χ3v) is 3.78. The Bertz CT molecular complexity index is 443. The lowest BCUT2D eigenvalue weighted by molar-refractivity contribution is 0.397. The number of nitrogens with zero attached hydrogens (tertiary/aromatic N) is 1. The Labute approximate surface area is 116 Å². The van der Waals surface area contributed by atoms with Crippen molar-refractivity contribution in [1.82, 2.24) is 5.32 Å². The lowest BCUT2D eigenvalue weighted by Gasteiger charge is -2.33. The van der Waals surface area contributed by atoms with Crippen molar-refractivity contribution < 1.29 is 4.74 Å². The van der Waals surface area contributed by atoms with Crippen molar-refractivity contribution in [2.24, 2.45) is 0 Å². The van der Waals surface area contributed by atoms with Crippen LogP contribution in [0, 0.1) is 6.92 Å². The smallest absolute Gasteiger partial charge is 0.122 e. The van der Waals surface area contributed by atoms with E-state index in [0.29, 0.717) is 0 Å². The van der Waals surface area contributed by atoms with Crippen molar-refractivity contribution in [1.29, 1.82) is 0 Å². The van der Waals surface area contributed by atoms with Gasteiger partial charge in [-0.2, -0.15) is 0 Å². The van der Waals surface area contributed by atoms with Crippen molar-refractivity contribution in [3.05, 3.63) is 23.3 Å². The molecular weight excluding hydrogens is 236 g/mol. The van der Waals surface area contributed by atoms with Gasteiger partial charge < -0.3 is 15.0 Å². The van der Waals surface area contributed by atoms with E-state index in [1.165, 1.54) is 16.8 Å². The number of nitrogens with one attached hydrogen (secondary N) is 1. The van der Waals surface area contributed by atoms with E-state index in [1.54, 1.807) is 7.11 Å². The maximum absolute atomic E-state index is 5.56. The fourth-order valence-corrected chi connectivity index (χ4v) is 2.67. The van der Waals surface area contributed by atoms with Gasteiger partial charge in [0.05, 0.1) is 7.11 Å². The first-order chi connectivity index (χ1) is 8.93. The summed E-state index contributed by atoms with van der Waals surface area (Å²) in [5.41, 5.74) is 4.04. The summed E-state index contributed by atoms with van der Waals surface area (Å²) in [5.74, 6) is 1.00. The molecule has 1 aliphatic heterocycles. The normalized spacial score (nSPS) is 16.6. The highest BCUT2D eigenvalue weighted by Crippen LogP contribution is 2.36. The summed E-state index contributed by atoms with van der Waals surface area (Å²) in [6, 6.07) is 4.50. The first-order valence-corrected chi connectivity index (χ1v) is 7.08. The summed E-state index contributed by atoms with van der Waals surface area (Å²) in [4.78, 5) is 2.47. The second-order valence-electron chi connectivity index (χ2n) is 6.33. The zero-order valence-electron chi connectivity index (χ0n) is 12.8. The minimum Gasteiger partial charge on any atom is -0.496 e. The predicted molar refractivity (Wildman–Crippen MR) is 81.5 cm³/mol. The molecule has 1 N–H and O–H groups in total. The van der Waals surface area contributed by atoms with Crippen molar-refractivity contribution in [3.63, 3.8) is 0 Å². The van der Waals surface area contributed by atoms with Crippen LogP contribution in [0.15, 0.2) is 12.1 Å². The molecule has 1 fully saturated rings. The van der Waals surface area contributed by atoms with Gasteiger partial charge in [-0.05, 0) is 30.0 Å². The summed E-state index contributed by atoms with van der Waals surface area (Å²) >= 11 is 0. The number of rotatable bonds is 2. The molecule has 0 spiro atoms. The molecule has 3 nitrogen and oxygen atoms in total. The van der Waals surface area contributed by atoms with Crippen LogP contribution in [0.5, 0.6) is 5.75 Å². The van der Waals surface area contributed by atoms with Crippen LogP contribution in [-0.2, 0) is 5.41 Å². The molecule has 0 radical (unpaired) electrons. The Hall–Kier alpha value is -1.22. The van der Waals surface area contributed by atoms with Gasteiger partial charge in [0.15, 0.2) is 0 Å². The number of piperazine rings is 1. The highest BCUT2D eigenvalue weighted by molar-refractivity contribution is 5.60. The van der Waals surface area contributed by atoms with Crippen LogP contribution in [-0.4, -0.2) is 33.3 Å². The van der Waals surface area contributed by atoms with Crippen LogP contribution in [0.4, 0.5) is 5.69 Å². The number of hydrogen-bond acceptors (Lipinski definition) is 3. The molecule has 0 bridgehead atoms. The second-order valence-corrected chi connectivity index (χ2v) is 6.33. The third kappa shape index (κ3) is 3.03. The van der Waals surface area contributed by atoms with Gasteiger partial charge in [0.1, 0.15) is 5.75 Å². The molecule has 1 saturated heterocycles. The first kappa shape index (κ1) is 14.2. The molecule has 1 heterocycles. The monoisotopic (exact) mass is 262 g/mol. The topological polar surface area (TPSA) is 24.5 Å². The number of hydrogen-bond donors (Lipinski definition) is 1. The van der Waals surface area contributed by atoms with Gasteiger partial charge in [-0.1, -0.05) is 20.8 Å². The summed E-state index contributed by atoms with van der Waals surface area (Å²) in [6.45, 7) is 13.2. The molecule has 1 aromatic carbocycles. The van der Waals surface area contributed by atoms with Gasteiger partial charge in [0.2, 0.25) is 0 Å². The Morgan fingerprint density at radius 3 is 2.32 bits per heavy atom. The molecule has 0 amide bonds. The highest BCUT2D eigenvalue weighted by Gasteiger charge is 2.22. The Kier molecular flexibility index (Phi) is 4.04. The van der Waals surface area contributed by atoms with Crippen LogP contribution in [0.3, 0.4) is 0 Å². The third-order valence-electron chi connectivity index (χ3n) is 3.78. The SMILES string of the molecule is COc1cc(C)c(N2CCNCC2)cc1C(C)(C)C. The van der Waals surface area contributed by atoms with Gasteiger partial charge in [0.25, 0.3) is 0 Å². The van der Waals surface area contributed by atoms with Gasteiger partial charge in [-0.15, -0.1) is 0 Å². The fourth-order valence-electron chi connectivity index (χ4n) is 2.67. The molecule has 1 aliphatic rings. The fraction of sp³-hybridized carbons (Fsp3) is 0.625. The van der Waals surface area contributed by atoms with E-state index < -0.39 is 0 Å². The molecule has 106 valence electrons. The molecule has 0 unspecified atom stereocenters. The van der Waals surface area contributed by atoms with Crippen LogP contribution in [0.2, 0.25) is 0 Å². The minimum atomic E-state index is 0.0990. The Balaban J connectivity index is 2.44. The van der Waals surface area contributed by atoms with Crippen molar-refractivity contribution >= 4 is 5.69 Å². The van der Waals surface area contributed by atoms with E-state index in [-0.39, 0.29) is 5.41 Å². The molecule has 0 aromatic heterocycles. The van der Waals surface area contributed by atoms with Crippen LogP contribution in [0.25, 0.3) is 0 Å². The van der Waals surface area contributed by atoms with E-state index in [1.807, 2.05) is 0 Å². The molecule has 0 atom stereocenters. The van der Waals surface area contributed by atoms with Gasteiger partial charge >= 0.3 is 0 Å². The van der Waals surface area contributed by atoms with E-state index >= 15 is 0 Å². The van der Waals surface area contributed by atoms with Crippen molar-refractivity contribution in [3.8, 4) is 5.75 Å². The minimum absolute atomic E-state index is 0.0990. The second kappa shape index (κ2) is 5.41. The number of benzene rings is 1. The quantitative estimate of drug-likeness (QED) is 0.887. The molecule has 3 heteroatoms. The molecule has 0 saturated carbocycles. The number of anilines is 1. The maximum atomic E-state index is 5.56. The summed E-state index contributed by atoms with van der Waals surface area (Å²) in [5, 5.41) is 3.40. The molecular formula is C16H26N2O. The first-order valence-electron chi connectivity index (χ1n) is 7.08. The molecule has 0 aliphatic carbocycles. The molecule has 1 aromatic rings. The van der Waals surface area contributed by atoms with Gasteiger partial charge in [-0.3, -0.25) is 0 Å². The number of aryl methyl sites for hydroxylation is 1. The average Bonchev–Trinajstić information content (AvgIpc) is 2.38. The lowest BCUT2D eigenvalue weighted by atomic mass is 9.85. The van der Waals surface area contributed by atoms with E-state index in [9.17, 15) is 0 Å². The zero-order chi connectivity index (χ0) is 14.0. The van der Waals surface area contributed by atoms with Crippen molar-refractivity contribution in [2.75, 3.05) is 38.2 Å². The van der Waals surface area contributed by atoms with E-state index in [4.69, 9.17) is 4.74 Å².